The minimum atomic E-state index is -0.113. The van der Waals surface area contributed by atoms with E-state index in [0.29, 0.717) is 6.04 Å². The summed E-state index contributed by atoms with van der Waals surface area (Å²) in [5.74, 6) is 0. The Hall–Kier alpha value is 0.270. The molecule has 2 nitrogen and oxygen atoms in total. The smallest absolute Gasteiger partial charge is 0.0693 e. The molecule has 2 atom stereocenters. The molecule has 0 radical (unpaired) electrons. The molecular weight excluding hydrogens is 182 g/mol. The van der Waals surface area contributed by atoms with Crippen molar-refractivity contribution in [3.63, 3.8) is 0 Å². The molecule has 0 aromatic rings. The molecule has 1 rings (SSSR count). The van der Waals surface area contributed by atoms with E-state index in [4.69, 9.17) is 0 Å². The first-order valence-electron chi connectivity index (χ1n) is 5.02. The van der Waals surface area contributed by atoms with Crippen molar-refractivity contribution in [2.24, 2.45) is 0 Å². The average Bonchev–Trinajstić information content (AvgIpc) is 2.48. The molecule has 2 N–H and O–H groups in total. The molecule has 0 spiro atoms. The minimum Gasteiger partial charge on any atom is -0.392 e. The van der Waals surface area contributed by atoms with Crippen LogP contribution in [0.3, 0.4) is 0 Å². The van der Waals surface area contributed by atoms with Crippen LogP contribution in [0.5, 0.6) is 0 Å². The number of aliphatic hydroxyl groups excluding tert-OH is 1. The summed E-state index contributed by atoms with van der Waals surface area (Å²) in [5.41, 5.74) is 0. The van der Waals surface area contributed by atoms with Crippen molar-refractivity contribution >= 4 is 11.8 Å². The van der Waals surface area contributed by atoms with Gasteiger partial charge in [0, 0.05) is 17.3 Å². The van der Waals surface area contributed by atoms with Crippen molar-refractivity contribution in [3.05, 3.63) is 0 Å². The summed E-state index contributed by atoms with van der Waals surface area (Å²) in [4.78, 5) is 0. The van der Waals surface area contributed by atoms with Crippen molar-refractivity contribution in [3.8, 4) is 0 Å². The van der Waals surface area contributed by atoms with Crippen molar-refractivity contribution in [1.29, 1.82) is 0 Å². The van der Waals surface area contributed by atoms with Gasteiger partial charge in [0.15, 0.2) is 0 Å². The van der Waals surface area contributed by atoms with Crippen LogP contribution in [0.1, 0.15) is 33.1 Å². The fraction of sp³-hybridized carbons (Fsp3) is 1.00. The van der Waals surface area contributed by atoms with Gasteiger partial charge < -0.3 is 10.4 Å². The number of nitrogens with one attached hydrogen (secondary N) is 1. The highest BCUT2D eigenvalue weighted by atomic mass is 32.2. The monoisotopic (exact) mass is 203 g/mol. The van der Waals surface area contributed by atoms with Crippen LogP contribution in [0, 0.1) is 0 Å². The van der Waals surface area contributed by atoms with Gasteiger partial charge in [-0.25, -0.2) is 0 Å². The van der Waals surface area contributed by atoms with Crippen molar-refractivity contribution < 1.29 is 5.11 Å². The summed E-state index contributed by atoms with van der Waals surface area (Å²) >= 11 is 1.87. The van der Waals surface area contributed by atoms with Crippen LogP contribution >= 0.6 is 11.8 Å². The molecule has 78 valence electrons. The van der Waals surface area contributed by atoms with Crippen LogP contribution in [0.15, 0.2) is 0 Å². The normalized spacial score (nSPS) is 29.5. The highest BCUT2D eigenvalue weighted by Gasteiger charge is 2.26. The first-order chi connectivity index (χ1) is 6.05. The summed E-state index contributed by atoms with van der Waals surface area (Å²) < 4.78 is 0.280. The van der Waals surface area contributed by atoms with Gasteiger partial charge in [0.2, 0.25) is 0 Å². The zero-order valence-corrected chi connectivity index (χ0v) is 9.66. The van der Waals surface area contributed by atoms with Crippen LogP contribution in [0.2, 0.25) is 0 Å². The van der Waals surface area contributed by atoms with E-state index < -0.39 is 0 Å². The number of aliphatic hydroxyl groups is 1. The third kappa shape index (κ3) is 3.49. The van der Waals surface area contributed by atoms with Crippen molar-refractivity contribution in [2.75, 3.05) is 12.8 Å². The van der Waals surface area contributed by atoms with Crippen molar-refractivity contribution in [1.82, 2.24) is 5.32 Å². The van der Waals surface area contributed by atoms with Gasteiger partial charge in [0.1, 0.15) is 0 Å². The maximum atomic E-state index is 9.59. The van der Waals surface area contributed by atoms with E-state index in [2.05, 4.69) is 25.4 Å². The Kier molecular flexibility index (Phi) is 4.07. The van der Waals surface area contributed by atoms with Crippen LogP contribution in [0.25, 0.3) is 0 Å². The average molecular weight is 203 g/mol. The van der Waals surface area contributed by atoms with Gasteiger partial charge >= 0.3 is 0 Å². The predicted molar refractivity (Wildman–Crippen MR) is 59.2 cm³/mol. The molecule has 1 aliphatic carbocycles. The minimum absolute atomic E-state index is 0.113. The van der Waals surface area contributed by atoms with Crippen LogP contribution in [0.4, 0.5) is 0 Å². The molecule has 1 aliphatic rings. The Morgan fingerprint density at radius 3 is 2.62 bits per heavy atom. The van der Waals surface area contributed by atoms with E-state index in [0.717, 1.165) is 19.4 Å². The topological polar surface area (TPSA) is 32.3 Å². The predicted octanol–water partition coefficient (Wildman–Crippen LogP) is 1.63. The van der Waals surface area contributed by atoms with Crippen LogP contribution in [-0.2, 0) is 0 Å². The Labute approximate surface area is 85.5 Å². The maximum absolute atomic E-state index is 9.59. The third-order valence-corrected chi connectivity index (χ3v) is 4.07. The Morgan fingerprint density at radius 2 is 2.15 bits per heavy atom. The van der Waals surface area contributed by atoms with Gasteiger partial charge in [-0.05, 0) is 39.4 Å². The largest absolute Gasteiger partial charge is 0.392 e. The Balaban J connectivity index is 2.25. The fourth-order valence-electron chi connectivity index (χ4n) is 1.63. The zero-order valence-electron chi connectivity index (χ0n) is 8.84. The van der Waals surface area contributed by atoms with Gasteiger partial charge in [-0.3, -0.25) is 0 Å². The maximum Gasteiger partial charge on any atom is 0.0693 e. The van der Waals surface area contributed by atoms with Gasteiger partial charge in [-0.15, -0.1) is 0 Å². The molecular formula is C10H21NOS. The molecule has 1 fully saturated rings. The molecule has 0 amide bonds. The lowest BCUT2D eigenvalue weighted by Crippen LogP contribution is -2.42. The molecule has 3 heteroatoms. The van der Waals surface area contributed by atoms with E-state index in [1.165, 1.54) is 6.42 Å². The second-order valence-corrected chi connectivity index (χ2v) is 5.96. The molecule has 0 saturated heterocycles. The molecule has 0 heterocycles. The van der Waals surface area contributed by atoms with Gasteiger partial charge in [0.05, 0.1) is 6.10 Å². The number of hydrogen-bond donors (Lipinski definition) is 2. The lowest BCUT2D eigenvalue weighted by molar-refractivity contribution is 0.148. The first-order valence-corrected chi connectivity index (χ1v) is 6.24. The standard InChI is InChI=1S/C10H21NOS/c1-10(2,13-3)7-11-8-5-4-6-9(8)12/h8-9,11-12H,4-7H2,1-3H3. The van der Waals surface area contributed by atoms with E-state index in [1.807, 2.05) is 11.8 Å². The third-order valence-electron chi connectivity index (χ3n) is 2.82. The number of thioether (sulfide) groups is 1. The fourth-order valence-corrected chi connectivity index (χ4v) is 1.86. The van der Waals surface area contributed by atoms with E-state index in [9.17, 15) is 5.11 Å². The molecule has 0 aromatic heterocycles. The summed E-state index contributed by atoms with van der Waals surface area (Å²) in [7, 11) is 0. The summed E-state index contributed by atoms with van der Waals surface area (Å²) in [5, 5.41) is 13.0. The number of rotatable bonds is 4. The molecule has 0 bridgehead atoms. The SMILES string of the molecule is CSC(C)(C)CNC1CCCC1O. The first kappa shape index (κ1) is 11.3. The van der Waals surface area contributed by atoms with Crippen LogP contribution in [-0.4, -0.2) is 34.8 Å². The molecule has 2 unspecified atom stereocenters. The van der Waals surface area contributed by atoms with E-state index >= 15 is 0 Å². The quantitative estimate of drug-likeness (QED) is 0.728. The summed E-state index contributed by atoms with van der Waals surface area (Å²) in [6, 6.07) is 0.339. The van der Waals surface area contributed by atoms with Gasteiger partial charge in [-0.2, -0.15) is 11.8 Å². The molecule has 13 heavy (non-hydrogen) atoms. The lowest BCUT2D eigenvalue weighted by atomic mass is 10.1. The lowest BCUT2D eigenvalue weighted by Gasteiger charge is -2.26. The summed E-state index contributed by atoms with van der Waals surface area (Å²) in [6.07, 6.45) is 5.28. The molecule has 0 aromatic carbocycles. The highest BCUT2D eigenvalue weighted by Crippen LogP contribution is 2.23. The number of hydrogen-bond acceptors (Lipinski definition) is 3. The van der Waals surface area contributed by atoms with E-state index in [1.54, 1.807) is 0 Å². The molecule has 1 saturated carbocycles. The van der Waals surface area contributed by atoms with E-state index in [-0.39, 0.29) is 10.9 Å². The highest BCUT2D eigenvalue weighted by molar-refractivity contribution is 7.99. The van der Waals surface area contributed by atoms with Gasteiger partial charge in [0.25, 0.3) is 0 Å². The summed E-state index contributed by atoms with van der Waals surface area (Å²) in [6.45, 7) is 5.44. The van der Waals surface area contributed by atoms with Crippen molar-refractivity contribution in [2.45, 2.75) is 50.0 Å². The second-order valence-electron chi connectivity index (χ2n) is 4.45. The van der Waals surface area contributed by atoms with Gasteiger partial charge in [-0.1, -0.05) is 0 Å². The Bertz CT molecular complexity index is 161. The zero-order chi connectivity index (χ0) is 9.90. The van der Waals surface area contributed by atoms with Crippen LogP contribution < -0.4 is 5.32 Å². The molecule has 0 aliphatic heterocycles. The Morgan fingerprint density at radius 1 is 1.46 bits per heavy atom. The second kappa shape index (κ2) is 4.67.